The van der Waals surface area contributed by atoms with Crippen LogP contribution < -0.4 is 11.1 Å². The maximum Gasteiger partial charge on any atom is 0.144 e. The topological polar surface area (TPSA) is 84.1 Å². The first kappa shape index (κ1) is 11.2. The molecule has 2 aromatic rings. The number of hydrogen-bond acceptors (Lipinski definition) is 5. The minimum absolute atomic E-state index is 0.283. The van der Waals surface area contributed by atoms with Crippen molar-refractivity contribution in [1.29, 1.82) is 0 Å². The summed E-state index contributed by atoms with van der Waals surface area (Å²) in [7, 11) is 0. The molecule has 1 aromatic heterocycles. The van der Waals surface area contributed by atoms with Gasteiger partial charge in [0.15, 0.2) is 0 Å². The molecule has 0 bridgehead atoms. The molecular formula is C12H14N4O. The molecule has 0 aliphatic rings. The standard InChI is InChI=1S/C12H14N4O/c13-11-7-16-12(8-15-11)14-6-5-9-1-3-10(17)4-2-9/h1-4,7-8,17H,5-6H2,(H2,13,15)(H,14,16). The van der Waals surface area contributed by atoms with Gasteiger partial charge in [-0.1, -0.05) is 12.1 Å². The minimum Gasteiger partial charge on any atom is -0.508 e. The van der Waals surface area contributed by atoms with Crippen LogP contribution in [0.5, 0.6) is 5.75 Å². The largest absolute Gasteiger partial charge is 0.508 e. The number of nitrogens with one attached hydrogen (secondary N) is 1. The maximum atomic E-state index is 9.14. The van der Waals surface area contributed by atoms with Crippen molar-refractivity contribution in [3.05, 3.63) is 42.2 Å². The van der Waals surface area contributed by atoms with Gasteiger partial charge in [0.2, 0.25) is 0 Å². The minimum atomic E-state index is 0.283. The SMILES string of the molecule is Nc1cnc(NCCc2ccc(O)cc2)cn1. The van der Waals surface area contributed by atoms with Crippen LogP contribution in [-0.2, 0) is 6.42 Å². The van der Waals surface area contributed by atoms with Gasteiger partial charge in [0, 0.05) is 6.54 Å². The molecule has 0 atom stereocenters. The summed E-state index contributed by atoms with van der Waals surface area (Å²) >= 11 is 0. The van der Waals surface area contributed by atoms with Crippen molar-refractivity contribution in [2.75, 3.05) is 17.6 Å². The van der Waals surface area contributed by atoms with Gasteiger partial charge in [-0.3, -0.25) is 0 Å². The fourth-order valence-corrected chi connectivity index (χ4v) is 1.43. The fraction of sp³-hybridized carbons (Fsp3) is 0.167. The number of anilines is 2. The number of phenolic OH excluding ortho intramolecular Hbond substituents is 1. The number of benzene rings is 1. The summed E-state index contributed by atoms with van der Waals surface area (Å²) in [5, 5.41) is 12.3. The predicted octanol–water partition coefficient (Wildman–Crippen LogP) is 1.42. The van der Waals surface area contributed by atoms with E-state index < -0.39 is 0 Å². The number of nitrogen functional groups attached to an aromatic ring is 1. The molecule has 5 heteroatoms. The number of aromatic nitrogens is 2. The van der Waals surface area contributed by atoms with E-state index in [0.717, 1.165) is 18.5 Å². The number of nitrogens with two attached hydrogens (primary N) is 1. The molecule has 0 radical (unpaired) electrons. The first-order valence-electron chi connectivity index (χ1n) is 5.33. The van der Waals surface area contributed by atoms with Crippen molar-refractivity contribution in [2.45, 2.75) is 6.42 Å². The van der Waals surface area contributed by atoms with E-state index in [1.54, 1.807) is 18.3 Å². The van der Waals surface area contributed by atoms with Gasteiger partial charge in [-0.05, 0) is 24.1 Å². The van der Waals surface area contributed by atoms with Crippen molar-refractivity contribution in [3.63, 3.8) is 0 Å². The second-order valence-corrected chi connectivity index (χ2v) is 3.67. The van der Waals surface area contributed by atoms with E-state index in [-0.39, 0.29) is 5.75 Å². The zero-order valence-electron chi connectivity index (χ0n) is 9.30. The van der Waals surface area contributed by atoms with Crippen molar-refractivity contribution in [3.8, 4) is 5.75 Å². The first-order chi connectivity index (χ1) is 8.24. The molecule has 0 unspecified atom stereocenters. The smallest absolute Gasteiger partial charge is 0.144 e. The van der Waals surface area contributed by atoms with Gasteiger partial charge in [-0.15, -0.1) is 0 Å². The van der Waals surface area contributed by atoms with Crippen molar-refractivity contribution < 1.29 is 5.11 Å². The molecule has 1 heterocycles. The summed E-state index contributed by atoms with van der Waals surface area (Å²) in [6.45, 7) is 0.753. The highest BCUT2D eigenvalue weighted by molar-refractivity contribution is 5.36. The fourth-order valence-electron chi connectivity index (χ4n) is 1.43. The summed E-state index contributed by atoms with van der Waals surface area (Å²) < 4.78 is 0. The van der Waals surface area contributed by atoms with Crippen LogP contribution >= 0.6 is 0 Å². The monoisotopic (exact) mass is 230 g/mol. The number of rotatable bonds is 4. The zero-order chi connectivity index (χ0) is 12.1. The number of phenols is 1. The van der Waals surface area contributed by atoms with Crippen LogP contribution in [-0.4, -0.2) is 21.6 Å². The Morgan fingerprint density at radius 2 is 1.88 bits per heavy atom. The highest BCUT2D eigenvalue weighted by Crippen LogP contribution is 2.10. The van der Waals surface area contributed by atoms with E-state index >= 15 is 0 Å². The van der Waals surface area contributed by atoms with Crippen LogP contribution in [0.1, 0.15) is 5.56 Å². The summed E-state index contributed by atoms with van der Waals surface area (Å²) in [6.07, 6.45) is 3.97. The molecule has 17 heavy (non-hydrogen) atoms. The van der Waals surface area contributed by atoms with Gasteiger partial charge in [-0.2, -0.15) is 0 Å². The Morgan fingerprint density at radius 1 is 1.12 bits per heavy atom. The van der Waals surface area contributed by atoms with Crippen LogP contribution in [0.2, 0.25) is 0 Å². The molecule has 1 aromatic carbocycles. The average molecular weight is 230 g/mol. The lowest BCUT2D eigenvalue weighted by atomic mass is 10.1. The molecular weight excluding hydrogens is 216 g/mol. The Morgan fingerprint density at radius 3 is 2.53 bits per heavy atom. The quantitative estimate of drug-likeness (QED) is 0.739. The molecule has 0 aliphatic carbocycles. The van der Waals surface area contributed by atoms with E-state index in [4.69, 9.17) is 10.8 Å². The third-order valence-corrected chi connectivity index (χ3v) is 2.33. The third-order valence-electron chi connectivity index (χ3n) is 2.33. The second-order valence-electron chi connectivity index (χ2n) is 3.67. The molecule has 0 aliphatic heterocycles. The van der Waals surface area contributed by atoms with E-state index in [1.807, 2.05) is 12.1 Å². The zero-order valence-corrected chi connectivity index (χ0v) is 9.30. The molecule has 0 spiro atoms. The van der Waals surface area contributed by atoms with Crippen LogP contribution in [0, 0.1) is 0 Å². The third kappa shape index (κ3) is 3.34. The summed E-state index contributed by atoms with van der Waals surface area (Å²) in [6, 6.07) is 7.15. The van der Waals surface area contributed by atoms with Crippen molar-refractivity contribution in [2.24, 2.45) is 0 Å². The van der Waals surface area contributed by atoms with Crippen molar-refractivity contribution in [1.82, 2.24) is 9.97 Å². The Hall–Kier alpha value is -2.30. The molecule has 4 N–H and O–H groups in total. The summed E-state index contributed by atoms with van der Waals surface area (Å²) in [4.78, 5) is 8.02. The van der Waals surface area contributed by atoms with Gasteiger partial charge >= 0.3 is 0 Å². The molecule has 2 rings (SSSR count). The molecule has 5 nitrogen and oxygen atoms in total. The lowest BCUT2D eigenvalue weighted by Crippen LogP contribution is -2.06. The average Bonchev–Trinajstić information content (AvgIpc) is 2.34. The van der Waals surface area contributed by atoms with E-state index in [9.17, 15) is 0 Å². The first-order valence-corrected chi connectivity index (χ1v) is 5.33. The van der Waals surface area contributed by atoms with Crippen LogP contribution in [0.15, 0.2) is 36.7 Å². The highest BCUT2D eigenvalue weighted by Gasteiger charge is 1.96. The normalized spacial score (nSPS) is 10.1. The van der Waals surface area contributed by atoms with Crippen LogP contribution in [0.3, 0.4) is 0 Å². The summed E-state index contributed by atoms with van der Waals surface area (Å²) in [5.41, 5.74) is 6.59. The predicted molar refractivity (Wildman–Crippen MR) is 66.7 cm³/mol. The lowest BCUT2D eigenvalue weighted by molar-refractivity contribution is 0.475. The Labute approximate surface area is 99.3 Å². The Balaban J connectivity index is 1.83. The molecule has 0 fully saturated rings. The van der Waals surface area contributed by atoms with Crippen LogP contribution in [0.4, 0.5) is 11.6 Å². The van der Waals surface area contributed by atoms with Crippen LogP contribution in [0.25, 0.3) is 0 Å². The Bertz CT molecular complexity index is 421. The number of nitrogens with zero attached hydrogens (tertiary/aromatic N) is 2. The van der Waals surface area contributed by atoms with Gasteiger partial charge in [-0.25, -0.2) is 9.97 Å². The Kier molecular flexibility index (Phi) is 3.40. The van der Waals surface area contributed by atoms with E-state index in [2.05, 4.69) is 15.3 Å². The maximum absolute atomic E-state index is 9.14. The number of aromatic hydroxyl groups is 1. The van der Waals surface area contributed by atoms with Crippen molar-refractivity contribution >= 4 is 11.6 Å². The summed E-state index contributed by atoms with van der Waals surface area (Å²) in [5.74, 6) is 1.40. The lowest BCUT2D eigenvalue weighted by Gasteiger charge is -2.05. The van der Waals surface area contributed by atoms with E-state index in [0.29, 0.717) is 11.6 Å². The molecule has 88 valence electrons. The van der Waals surface area contributed by atoms with Gasteiger partial charge in [0.1, 0.15) is 17.4 Å². The number of hydrogen-bond donors (Lipinski definition) is 3. The molecule has 0 saturated carbocycles. The van der Waals surface area contributed by atoms with E-state index in [1.165, 1.54) is 6.20 Å². The van der Waals surface area contributed by atoms with Gasteiger partial charge < -0.3 is 16.2 Å². The second kappa shape index (κ2) is 5.16. The molecule has 0 saturated heterocycles. The molecule has 0 amide bonds. The highest BCUT2D eigenvalue weighted by atomic mass is 16.3. The van der Waals surface area contributed by atoms with Gasteiger partial charge in [0.25, 0.3) is 0 Å². The van der Waals surface area contributed by atoms with Gasteiger partial charge in [0.05, 0.1) is 12.4 Å².